The summed E-state index contributed by atoms with van der Waals surface area (Å²) in [6.45, 7) is 9.55. The topological polar surface area (TPSA) is 87.7 Å². The first kappa shape index (κ1) is 26.2. The van der Waals surface area contributed by atoms with Crippen molar-refractivity contribution in [2.24, 2.45) is 16.7 Å². The van der Waals surface area contributed by atoms with Crippen LogP contribution < -0.4 is 15.4 Å². The minimum absolute atomic E-state index is 0.161. The van der Waals surface area contributed by atoms with Gasteiger partial charge in [-0.15, -0.1) is 0 Å². The summed E-state index contributed by atoms with van der Waals surface area (Å²) in [5.41, 5.74) is 2.37. The number of rotatable bonds is 11. The molecule has 3 fully saturated rings. The number of amides is 3. The highest BCUT2D eigenvalue weighted by atomic mass is 16.5. The third kappa shape index (κ3) is 4.80. The van der Waals surface area contributed by atoms with Crippen molar-refractivity contribution < 1.29 is 19.1 Å². The number of nitrogens with one attached hydrogen (secondary N) is 2. The van der Waals surface area contributed by atoms with Gasteiger partial charge in [-0.2, -0.15) is 0 Å². The third-order valence-corrected chi connectivity index (χ3v) is 10.3. The molecule has 202 valence electrons. The number of ether oxygens (including phenoxy) is 1. The van der Waals surface area contributed by atoms with E-state index in [4.69, 9.17) is 4.74 Å². The molecule has 3 amide bonds. The summed E-state index contributed by atoms with van der Waals surface area (Å²) in [6.07, 6.45) is 10.5. The highest BCUT2D eigenvalue weighted by Gasteiger charge is 2.60. The number of hydrogen-bond acceptors (Lipinski definition) is 5. The molecule has 1 saturated heterocycles. The first-order valence-electron chi connectivity index (χ1n) is 14.3. The lowest BCUT2D eigenvalue weighted by Crippen LogP contribution is -2.52. The van der Waals surface area contributed by atoms with Gasteiger partial charge in [0.05, 0.1) is 13.2 Å². The number of benzene rings is 1. The molecule has 2 heterocycles. The van der Waals surface area contributed by atoms with Crippen LogP contribution in [0.25, 0.3) is 0 Å². The van der Waals surface area contributed by atoms with Crippen molar-refractivity contribution >= 4 is 17.7 Å². The Hall–Kier alpha value is -2.41. The van der Waals surface area contributed by atoms with E-state index in [0.717, 1.165) is 36.6 Å². The smallest absolute Gasteiger partial charge is 0.255 e. The molecular weight excluding hydrogens is 466 g/mol. The predicted octanol–water partition coefficient (Wildman–Crippen LogP) is 4.58. The van der Waals surface area contributed by atoms with E-state index in [1.807, 2.05) is 12.1 Å². The van der Waals surface area contributed by atoms with E-state index in [1.54, 1.807) is 11.0 Å². The minimum Gasteiger partial charge on any atom is -0.493 e. The molecule has 4 atom stereocenters. The second-order valence-electron chi connectivity index (χ2n) is 12.4. The first-order valence-corrected chi connectivity index (χ1v) is 14.3. The van der Waals surface area contributed by atoms with Gasteiger partial charge in [-0.05, 0) is 74.0 Å². The van der Waals surface area contributed by atoms with Gasteiger partial charge in [-0.25, -0.2) is 0 Å². The number of fused-ring (bicyclic) bond motifs is 3. The summed E-state index contributed by atoms with van der Waals surface area (Å²) in [4.78, 5) is 38.3. The van der Waals surface area contributed by atoms with Crippen LogP contribution >= 0.6 is 0 Å². The molecule has 2 aliphatic heterocycles. The number of carbonyl (C=O) groups excluding carboxylic acids is 3. The highest BCUT2D eigenvalue weighted by molar-refractivity contribution is 6.05. The van der Waals surface area contributed by atoms with Gasteiger partial charge in [0, 0.05) is 23.6 Å². The average molecular weight is 510 g/mol. The Labute approximate surface area is 221 Å². The fraction of sp³-hybridized carbons (Fsp3) is 0.700. The van der Waals surface area contributed by atoms with Crippen LogP contribution in [-0.2, 0) is 16.1 Å². The summed E-state index contributed by atoms with van der Waals surface area (Å²) >= 11 is 0. The summed E-state index contributed by atoms with van der Waals surface area (Å²) in [5, 5.41) is 6.25. The van der Waals surface area contributed by atoms with Gasteiger partial charge >= 0.3 is 0 Å². The van der Waals surface area contributed by atoms with E-state index >= 15 is 0 Å². The standard InChI is InChI=1S/C30H43N3O4/c1-29(2)20-14-15-30(29,3)25(18-20)31-16-7-5-4-6-8-17-37-24-11-9-10-21-22(24)19-33(28(21)36)23-12-13-26(34)32-27(23)35/h9-11,20,23,25,31H,4-8,12-19H2,1-3H3,(H,32,34,35)/t20-,23?,25+,30+/m1/s1. The minimum atomic E-state index is -0.599. The number of imide groups is 1. The SMILES string of the molecule is CC1(C)[C@@H]2CC[C@@]1(C)[C@@H](NCCCCCCCOc1cccc3c1CN(C1CCC(=O)NC1=O)C3=O)C2. The van der Waals surface area contributed by atoms with E-state index in [-0.39, 0.29) is 24.1 Å². The lowest BCUT2D eigenvalue weighted by Gasteiger charge is -2.39. The monoisotopic (exact) mass is 509 g/mol. The van der Waals surface area contributed by atoms with Gasteiger partial charge in [-0.1, -0.05) is 46.1 Å². The number of unbranched alkanes of at least 4 members (excludes halogenated alkanes) is 4. The van der Waals surface area contributed by atoms with E-state index in [1.165, 1.54) is 38.5 Å². The summed E-state index contributed by atoms with van der Waals surface area (Å²) in [7, 11) is 0. The molecule has 1 unspecified atom stereocenters. The lowest BCUT2D eigenvalue weighted by molar-refractivity contribution is -0.136. The van der Waals surface area contributed by atoms with Gasteiger partial charge in [0.2, 0.25) is 11.8 Å². The molecule has 2 aliphatic carbocycles. The third-order valence-electron chi connectivity index (χ3n) is 10.3. The van der Waals surface area contributed by atoms with Gasteiger partial charge in [-0.3, -0.25) is 19.7 Å². The van der Waals surface area contributed by atoms with Gasteiger partial charge in [0.1, 0.15) is 11.8 Å². The van der Waals surface area contributed by atoms with Crippen molar-refractivity contribution in [3.63, 3.8) is 0 Å². The Morgan fingerprint density at radius 2 is 1.84 bits per heavy atom. The Morgan fingerprint density at radius 1 is 1.05 bits per heavy atom. The Morgan fingerprint density at radius 3 is 2.57 bits per heavy atom. The van der Waals surface area contributed by atoms with Crippen LogP contribution in [0.15, 0.2) is 18.2 Å². The quantitative estimate of drug-likeness (QED) is 0.337. The van der Waals surface area contributed by atoms with Crippen LogP contribution in [0.5, 0.6) is 5.75 Å². The number of nitrogens with zero attached hydrogens (tertiary/aromatic N) is 1. The molecule has 1 aromatic carbocycles. The molecule has 7 nitrogen and oxygen atoms in total. The van der Waals surface area contributed by atoms with E-state index in [9.17, 15) is 14.4 Å². The Bertz CT molecular complexity index is 1050. The lowest BCUT2D eigenvalue weighted by atomic mass is 9.69. The van der Waals surface area contributed by atoms with E-state index in [2.05, 4.69) is 31.4 Å². The number of hydrogen-bond donors (Lipinski definition) is 2. The van der Waals surface area contributed by atoms with Crippen molar-refractivity contribution in [3.8, 4) is 5.75 Å². The molecule has 37 heavy (non-hydrogen) atoms. The maximum atomic E-state index is 12.9. The summed E-state index contributed by atoms with van der Waals surface area (Å²) in [6, 6.07) is 5.62. The second kappa shape index (κ2) is 10.4. The van der Waals surface area contributed by atoms with Crippen LogP contribution in [0.3, 0.4) is 0 Å². The molecular formula is C30H43N3O4. The van der Waals surface area contributed by atoms with Crippen molar-refractivity contribution in [2.45, 2.75) is 104 Å². The van der Waals surface area contributed by atoms with Crippen molar-refractivity contribution in [3.05, 3.63) is 29.3 Å². The summed E-state index contributed by atoms with van der Waals surface area (Å²) in [5.74, 6) is 0.798. The maximum Gasteiger partial charge on any atom is 0.255 e. The van der Waals surface area contributed by atoms with Crippen LogP contribution in [0.2, 0.25) is 0 Å². The second-order valence-corrected chi connectivity index (χ2v) is 12.4. The number of piperidine rings is 1. The maximum absolute atomic E-state index is 12.9. The van der Waals surface area contributed by atoms with Gasteiger partial charge in [0.25, 0.3) is 5.91 Å². The molecule has 0 radical (unpaired) electrons. The zero-order valence-corrected chi connectivity index (χ0v) is 22.7. The van der Waals surface area contributed by atoms with Crippen LogP contribution in [0.4, 0.5) is 0 Å². The fourth-order valence-corrected chi connectivity index (χ4v) is 7.42. The van der Waals surface area contributed by atoms with E-state index < -0.39 is 6.04 Å². The molecule has 0 spiro atoms. The van der Waals surface area contributed by atoms with Crippen LogP contribution in [0.1, 0.15) is 101 Å². The zero-order chi connectivity index (χ0) is 26.2. The molecule has 5 rings (SSSR count). The van der Waals surface area contributed by atoms with Crippen molar-refractivity contribution in [1.82, 2.24) is 15.5 Å². The molecule has 2 N–H and O–H groups in total. The van der Waals surface area contributed by atoms with Gasteiger partial charge in [0.15, 0.2) is 0 Å². The molecule has 2 bridgehead atoms. The molecule has 1 aromatic rings. The van der Waals surface area contributed by atoms with Crippen LogP contribution in [-0.4, -0.2) is 47.9 Å². The van der Waals surface area contributed by atoms with Crippen LogP contribution in [0, 0.1) is 16.7 Å². The normalized spacial score (nSPS) is 30.1. The fourth-order valence-electron chi connectivity index (χ4n) is 7.42. The first-order chi connectivity index (χ1) is 17.7. The number of carbonyl (C=O) groups is 3. The largest absolute Gasteiger partial charge is 0.493 e. The Balaban J connectivity index is 0.999. The Kier molecular flexibility index (Phi) is 7.36. The van der Waals surface area contributed by atoms with Gasteiger partial charge < -0.3 is 15.0 Å². The molecule has 2 saturated carbocycles. The summed E-state index contributed by atoms with van der Waals surface area (Å²) < 4.78 is 6.08. The molecule has 0 aromatic heterocycles. The van der Waals surface area contributed by atoms with E-state index in [0.29, 0.717) is 42.0 Å². The average Bonchev–Trinajstić information content (AvgIpc) is 3.38. The highest BCUT2D eigenvalue weighted by Crippen LogP contribution is 2.65. The van der Waals surface area contributed by atoms with Crippen molar-refractivity contribution in [2.75, 3.05) is 13.2 Å². The molecule has 7 heteroatoms. The molecule has 4 aliphatic rings. The predicted molar refractivity (Wildman–Crippen MR) is 142 cm³/mol. The zero-order valence-electron chi connectivity index (χ0n) is 22.7. The van der Waals surface area contributed by atoms with Crippen molar-refractivity contribution in [1.29, 1.82) is 0 Å².